The highest BCUT2D eigenvalue weighted by Crippen LogP contribution is 2.40. The first-order chi connectivity index (χ1) is 8.21. The zero-order valence-electron chi connectivity index (χ0n) is 10.2. The van der Waals surface area contributed by atoms with Crippen molar-refractivity contribution in [1.82, 2.24) is 0 Å². The van der Waals surface area contributed by atoms with E-state index in [-0.39, 0.29) is 11.4 Å². The van der Waals surface area contributed by atoms with Crippen molar-refractivity contribution < 1.29 is 4.79 Å². The summed E-state index contributed by atoms with van der Waals surface area (Å²) in [6.07, 6.45) is 5.43. The Hall–Kier alpha value is -1.51. The molecule has 3 nitrogen and oxygen atoms in total. The lowest BCUT2D eigenvalue weighted by atomic mass is 9.79. The average Bonchev–Trinajstić information content (AvgIpc) is 2.34. The highest BCUT2D eigenvalue weighted by Gasteiger charge is 2.42. The summed E-state index contributed by atoms with van der Waals surface area (Å²) in [5.41, 5.74) is 2.88. The molecule has 2 N–H and O–H groups in total. The van der Waals surface area contributed by atoms with Crippen LogP contribution in [0.2, 0.25) is 0 Å². The van der Waals surface area contributed by atoms with Crippen molar-refractivity contribution in [3.05, 3.63) is 23.8 Å². The fourth-order valence-corrected chi connectivity index (χ4v) is 2.98. The summed E-state index contributed by atoms with van der Waals surface area (Å²) < 4.78 is 0. The van der Waals surface area contributed by atoms with Gasteiger partial charge in [-0.3, -0.25) is 4.79 Å². The number of rotatable bonds is 0. The van der Waals surface area contributed by atoms with Crippen LogP contribution >= 0.6 is 0 Å². The maximum absolute atomic E-state index is 12.3. The second kappa shape index (κ2) is 3.76. The first kappa shape index (κ1) is 10.6. The standard InChI is InChI=1S/C14H18N2O/c1-10-6-5-7-11-12(10)16-14(13(17)15-11)8-3-2-4-9-14/h5-7,16H,2-4,8-9H2,1H3,(H,15,17). The summed E-state index contributed by atoms with van der Waals surface area (Å²) in [5, 5.41) is 6.58. The minimum Gasteiger partial charge on any atom is -0.369 e. The molecule has 1 aliphatic heterocycles. The van der Waals surface area contributed by atoms with Gasteiger partial charge in [-0.05, 0) is 31.4 Å². The smallest absolute Gasteiger partial charge is 0.250 e. The molecule has 1 aromatic rings. The molecular formula is C14H18N2O. The Bertz CT molecular complexity index is 461. The Kier molecular flexibility index (Phi) is 2.35. The van der Waals surface area contributed by atoms with Crippen molar-refractivity contribution in [3.8, 4) is 0 Å². The number of hydrogen-bond donors (Lipinski definition) is 2. The van der Waals surface area contributed by atoms with Crippen LogP contribution in [0.4, 0.5) is 11.4 Å². The normalized spacial score (nSPS) is 21.6. The molecule has 1 saturated carbocycles. The van der Waals surface area contributed by atoms with E-state index in [2.05, 4.69) is 23.6 Å². The van der Waals surface area contributed by atoms with Gasteiger partial charge in [0.15, 0.2) is 0 Å². The molecule has 0 unspecified atom stereocenters. The number of anilines is 2. The van der Waals surface area contributed by atoms with Crippen molar-refractivity contribution in [3.63, 3.8) is 0 Å². The summed E-state index contributed by atoms with van der Waals surface area (Å²) >= 11 is 0. The molecule has 0 saturated heterocycles. The number of hydrogen-bond acceptors (Lipinski definition) is 2. The molecule has 2 aliphatic rings. The first-order valence-electron chi connectivity index (χ1n) is 6.41. The second-order valence-electron chi connectivity index (χ2n) is 5.22. The van der Waals surface area contributed by atoms with E-state index >= 15 is 0 Å². The minimum atomic E-state index is -0.350. The van der Waals surface area contributed by atoms with Gasteiger partial charge in [0.2, 0.25) is 5.91 Å². The van der Waals surface area contributed by atoms with Crippen LogP contribution < -0.4 is 10.6 Å². The summed E-state index contributed by atoms with van der Waals surface area (Å²) in [5.74, 6) is 0.148. The van der Waals surface area contributed by atoms with Crippen LogP contribution in [0, 0.1) is 6.92 Å². The van der Waals surface area contributed by atoms with E-state index in [1.165, 1.54) is 12.0 Å². The Morgan fingerprint density at radius 2 is 1.94 bits per heavy atom. The van der Waals surface area contributed by atoms with Crippen molar-refractivity contribution in [2.75, 3.05) is 10.6 Å². The summed E-state index contributed by atoms with van der Waals surface area (Å²) in [6, 6.07) is 6.03. The molecule has 1 heterocycles. The topological polar surface area (TPSA) is 41.1 Å². The fraction of sp³-hybridized carbons (Fsp3) is 0.500. The lowest BCUT2D eigenvalue weighted by Gasteiger charge is -2.41. The van der Waals surface area contributed by atoms with E-state index in [0.29, 0.717) is 0 Å². The number of para-hydroxylation sites is 1. The number of carbonyl (C=O) groups excluding carboxylic acids is 1. The van der Waals surface area contributed by atoms with Crippen LogP contribution in [0.5, 0.6) is 0 Å². The fourth-order valence-electron chi connectivity index (χ4n) is 2.98. The molecule has 1 aliphatic carbocycles. The lowest BCUT2D eigenvalue weighted by Crippen LogP contribution is -2.53. The molecule has 1 aromatic carbocycles. The average molecular weight is 230 g/mol. The number of aryl methyl sites for hydroxylation is 1. The van der Waals surface area contributed by atoms with Crippen molar-refractivity contribution in [1.29, 1.82) is 0 Å². The van der Waals surface area contributed by atoms with Crippen molar-refractivity contribution in [2.24, 2.45) is 0 Å². The Labute approximate surface area is 102 Å². The molecule has 3 rings (SSSR count). The highest BCUT2D eigenvalue weighted by molar-refractivity contribution is 6.06. The van der Waals surface area contributed by atoms with Crippen LogP contribution in [-0.4, -0.2) is 11.4 Å². The molecular weight excluding hydrogens is 212 g/mol. The highest BCUT2D eigenvalue weighted by atomic mass is 16.2. The van der Waals surface area contributed by atoms with Crippen molar-refractivity contribution in [2.45, 2.75) is 44.6 Å². The third-order valence-electron chi connectivity index (χ3n) is 4.03. The number of carbonyl (C=O) groups is 1. The monoisotopic (exact) mass is 230 g/mol. The maximum Gasteiger partial charge on any atom is 0.250 e. The number of nitrogens with one attached hydrogen (secondary N) is 2. The van der Waals surface area contributed by atoms with Crippen LogP contribution in [0.25, 0.3) is 0 Å². The first-order valence-corrected chi connectivity index (χ1v) is 6.41. The van der Waals surface area contributed by atoms with Gasteiger partial charge in [-0.25, -0.2) is 0 Å². The molecule has 17 heavy (non-hydrogen) atoms. The molecule has 1 amide bonds. The van der Waals surface area contributed by atoms with Gasteiger partial charge in [0.1, 0.15) is 5.54 Å². The molecule has 1 spiro atoms. The number of fused-ring (bicyclic) bond motifs is 1. The van der Waals surface area contributed by atoms with E-state index in [1.807, 2.05) is 12.1 Å². The van der Waals surface area contributed by atoms with E-state index in [1.54, 1.807) is 0 Å². The molecule has 0 bridgehead atoms. The largest absolute Gasteiger partial charge is 0.369 e. The molecule has 1 fully saturated rings. The van der Waals surface area contributed by atoms with Gasteiger partial charge in [0, 0.05) is 0 Å². The third kappa shape index (κ3) is 1.61. The summed E-state index contributed by atoms with van der Waals surface area (Å²) in [7, 11) is 0. The molecule has 3 heteroatoms. The van der Waals surface area contributed by atoms with Gasteiger partial charge in [-0.15, -0.1) is 0 Å². The summed E-state index contributed by atoms with van der Waals surface area (Å²) in [4.78, 5) is 12.3. The lowest BCUT2D eigenvalue weighted by molar-refractivity contribution is -0.121. The van der Waals surface area contributed by atoms with Crippen LogP contribution in [0.3, 0.4) is 0 Å². The SMILES string of the molecule is Cc1cccc2c1NC1(CCCCC1)C(=O)N2. The van der Waals surface area contributed by atoms with Gasteiger partial charge in [0.25, 0.3) is 0 Å². The third-order valence-corrected chi connectivity index (χ3v) is 4.03. The Morgan fingerprint density at radius 3 is 2.71 bits per heavy atom. The zero-order valence-corrected chi connectivity index (χ0v) is 10.2. The Balaban J connectivity index is 2.01. The van der Waals surface area contributed by atoms with Gasteiger partial charge >= 0.3 is 0 Å². The molecule has 0 radical (unpaired) electrons. The predicted molar refractivity (Wildman–Crippen MR) is 69.2 cm³/mol. The Morgan fingerprint density at radius 1 is 1.18 bits per heavy atom. The van der Waals surface area contributed by atoms with Crippen LogP contribution in [0.15, 0.2) is 18.2 Å². The molecule has 90 valence electrons. The van der Waals surface area contributed by atoms with E-state index in [4.69, 9.17) is 0 Å². The van der Waals surface area contributed by atoms with Gasteiger partial charge in [-0.1, -0.05) is 31.4 Å². The van der Waals surface area contributed by atoms with Crippen molar-refractivity contribution >= 4 is 17.3 Å². The van der Waals surface area contributed by atoms with Gasteiger partial charge < -0.3 is 10.6 Å². The molecule has 0 atom stereocenters. The minimum absolute atomic E-state index is 0.148. The van der Waals surface area contributed by atoms with E-state index < -0.39 is 0 Å². The zero-order chi connectivity index (χ0) is 11.9. The van der Waals surface area contributed by atoms with E-state index in [0.717, 1.165) is 37.1 Å². The van der Waals surface area contributed by atoms with Crippen LogP contribution in [0.1, 0.15) is 37.7 Å². The number of benzene rings is 1. The van der Waals surface area contributed by atoms with Crippen LogP contribution in [-0.2, 0) is 4.79 Å². The van der Waals surface area contributed by atoms with Gasteiger partial charge in [0.05, 0.1) is 11.4 Å². The maximum atomic E-state index is 12.3. The van der Waals surface area contributed by atoms with E-state index in [9.17, 15) is 4.79 Å². The van der Waals surface area contributed by atoms with Gasteiger partial charge in [-0.2, -0.15) is 0 Å². The second-order valence-corrected chi connectivity index (χ2v) is 5.22. The summed E-state index contributed by atoms with van der Waals surface area (Å²) in [6.45, 7) is 2.08. The quantitative estimate of drug-likeness (QED) is 0.719. The molecule has 0 aromatic heterocycles. The number of amides is 1. The predicted octanol–water partition coefficient (Wildman–Crippen LogP) is 3.06.